The first-order valence-corrected chi connectivity index (χ1v) is 7.46. The molecule has 1 aromatic carbocycles. The van der Waals surface area contributed by atoms with Crippen LogP contribution >= 0.6 is 15.9 Å². The summed E-state index contributed by atoms with van der Waals surface area (Å²) in [5, 5.41) is 7.41. The molecule has 5 nitrogen and oxygen atoms in total. The Morgan fingerprint density at radius 1 is 1.30 bits per heavy atom. The second kappa shape index (κ2) is 6.47. The van der Waals surface area contributed by atoms with Crippen LogP contribution in [0.25, 0.3) is 0 Å². The van der Waals surface area contributed by atoms with Crippen molar-refractivity contribution in [1.82, 2.24) is 15.5 Å². The number of benzene rings is 1. The molecule has 1 saturated heterocycles. The minimum Gasteiger partial charge on any atom is -0.378 e. The molecule has 1 atom stereocenters. The van der Waals surface area contributed by atoms with Gasteiger partial charge in [-0.3, -0.25) is 0 Å². The van der Waals surface area contributed by atoms with Crippen LogP contribution in [0.1, 0.15) is 17.3 Å². The van der Waals surface area contributed by atoms with Crippen molar-refractivity contribution in [2.75, 3.05) is 19.8 Å². The zero-order valence-corrected chi connectivity index (χ0v) is 12.6. The predicted molar refractivity (Wildman–Crippen MR) is 77.6 cm³/mol. The first-order chi connectivity index (χ1) is 9.79. The second-order valence-corrected chi connectivity index (χ2v) is 5.75. The van der Waals surface area contributed by atoms with Gasteiger partial charge in [0.25, 0.3) is 0 Å². The highest BCUT2D eigenvalue weighted by Gasteiger charge is 2.17. The molecule has 0 amide bonds. The maximum Gasteiger partial charge on any atom is 0.228 e. The van der Waals surface area contributed by atoms with Gasteiger partial charge in [-0.1, -0.05) is 33.2 Å². The summed E-state index contributed by atoms with van der Waals surface area (Å²) in [6.45, 7) is 2.35. The molecule has 1 unspecified atom stereocenters. The van der Waals surface area contributed by atoms with Crippen LogP contribution in [0.2, 0.25) is 0 Å². The van der Waals surface area contributed by atoms with Crippen LogP contribution < -0.4 is 5.32 Å². The Hall–Kier alpha value is -1.24. The zero-order valence-electron chi connectivity index (χ0n) is 11.0. The molecule has 1 aliphatic heterocycles. The Morgan fingerprint density at radius 3 is 2.90 bits per heavy atom. The van der Waals surface area contributed by atoms with Crippen LogP contribution in [0, 0.1) is 0 Å². The fourth-order valence-electron chi connectivity index (χ4n) is 2.19. The largest absolute Gasteiger partial charge is 0.378 e. The first kappa shape index (κ1) is 13.7. The van der Waals surface area contributed by atoms with Crippen LogP contribution in [-0.4, -0.2) is 35.9 Å². The van der Waals surface area contributed by atoms with Gasteiger partial charge in [0.1, 0.15) is 0 Å². The number of hydrogen-bond donors (Lipinski definition) is 1. The number of hydrogen-bond acceptors (Lipinski definition) is 5. The van der Waals surface area contributed by atoms with Gasteiger partial charge in [-0.25, -0.2) is 0 Å². The van der Waals surface area contributed by atoms with E-state index in [1.54, 1.807) is 0 Å². The molecular weight excluding hydrogens is 322 g/mol. The van der Waals surface area contributed by atoms with E-state index in [0.717, 1.165) is 23.4 Å². The molecule has 1 fully saturated rings. The lowest BCUT2D eigenvalue weighted by atomic mass is 10.1. The minimum atomic E-state index is 0.268. The fourth-order valence-corrected chi connectivity index (χ4v) is 2.46. The summed E-state index contributed by atoms with van der Waals surface area (Å²) in [5.74, 6) is 1.39. The lowest BCUT2D eigenvalue weighted by Crippen LogP contribution is -2.42. The minimum absolute atomic E-state index is 0.268. The fraction of sp³-hybridized carbons (Fsp3) is 0.429. The summed E-state index contributed by atoms with van der Waals surface area (Å²) in [5.41, 5.74) is 1.17. The van der Waals surface area contributed by atoms with E-state index in [2.05, 4.69) is 43.5 Å². The number of aromatic nitrogens is 2. The van der Waals surface area contributed by atoms with Crippen molar-refractivity contribution in [1.29, 1.82) is 0 Å². The summed E-state index contributed by atoms with van der Waals surface area (Å²) < 4.78 is 11.8. The molecule has 20 heavy (non-hydrogen) atoms. The quantitative estimate of drug-likeness (QED) is 0.923. The summed E-state index contributed by atoms with van der Waals surface area (Å²) in [4.78, 5) is 4.44. The second-order valence-electron chi connectivity index (χ2n) is 4.84. The van der Waals surface area contributed by atoms with Gasteiger partial charge in [-0.2, -0.15) is 4.98 Å². The van der Waals surface area contributed by atoms with Crippen molar-refractivity contribution in [3.05, 3.63) is 46.0 Å². The monoisotopic (exact) mass is 337 g/mol. The third kappa shape index (κ3) is 3.65. The normalized spacial score (nSPS) is 19.1. The van der Waals surface area contributed by atoms with E-state index < -0.39 is 0 Å². The van der Waals surface area contributed by atoms with Crippen LogP contribution in [0.15, 0.2) is 33.3 Å². The van der Waals surface area contributed by atoms with Gasteiger partial charge in [-0.15, -0.1) is 0 Å². The summed E-state index contributed by atoms with van der Waals surface area (Å²) >= 11 is 3.42. The molecule has 1 aliphatic rings. The summed E-state index contributed by atoms with van der Waals surface area (Å²) in [7, 11) is 0. The molecule has 0 spiro atoms. The summed E-state index contributed by atoms with van der Waals surface area (Å²) in [6.07, 6.45) is 1.40. The predicted octanol–water partition coefficient (Wildman–Crippen LogP) is 1.95. The highest BCUT2D eigenvalue weighted by atomic mass is 79.9. The Kier molecular flexibility index (Phi) is 4.44. The van der Waals surface area contributed by atoms with Crippen molar-refractivity contribution >= 4 is 15.9 Å². The number of rotatable bonds is 4. The van der Waals surface area contributed by atoms with Crippen molar-refractivity contribution in [3.8, 4) is 0 Å². The number of nitrogens with zero attached hydrogens (tertiary/aromatic N) is 2. The Balaban J connectivity index is 1.60. The topological polar surface area (TPSA) is 60.2 Å². The molecule has 3 rings (SSSR count). The summed E-state index contributed by atoms with van der Waals surface area (Å²) in [6, 6.07) is 8.40. The van der Waals surface area contributed by atoms with Crippen LogP contribution in [0.4, 0.5) is 0 Å². The molecule has 0 saturated carbocycles. The van der Waals surface area contributed by atoms with E-state index in [-0.39, 0.29) is 6.04 Å². The average molecular weight is 338 g/mol. The van der Waals surface area contributed by atoms with E-state index in [1.807, 2.05) is 12.1 Å². The van der Waals surface area contributed by atoms with Gasteiger partial charge in [0.05, 0.1) is 13.2 Å². The van der Waals surface area contributed by atoms with E-state index in [9.17, 15) is 0 Å². The number of ether oxygens (including phenoxy) is 1. The number of morpholine rings is 1. The zero-order chi connectivity index (χ0) is 13.8. The van der Waals surface area contributed by atoms with Gasteiger partial charge in [0, 0.05) is 29.9 Å². The van der Waals surface area contributed by atoms with E-state index in [4.69, 9.17) is 9.26 Å². The Labute approximate surface area is 125 Å². The molecule has 106 valence electrons. The highest BCUT2D eigenvalue weighted by Crippen LogP contribution is 2.13. The van der Waals surface area contributed by atoms with Crippen molar-refractivity contribution < 1.29 is 9.26 Å². The standard InChI is InChI=1S/C14H16BrN3O2/c15-11-3-1-10(2-4-11)7-13-17-14(20-18-13)8-12-9-19-6-5-16-12/h1-4,12,16H,5-9H2. The number of nitrogens with one attached hydrogen (secondary N) is 1. The molecule has 0 radical (unpaired) electrons. The lowest BCUT2D eigenvalue weighted by Gasteiger charge is -2.22. The van der Waals surface area contributed by atoms with Crippen molar-refractivity contribution in [3.63, 3.8) is 0 Å². The Bertz CT molecular complexity index is 550. The van der Waals surface area contributed by atoms with Gasteiger partial charge in [0.2, 0.25) is 5.89 Å². The van der Waals surface area contributed by atoms with Crippen molar-refractivity contribution in [2.24, 2.45) is 0 Å². The first-order valence-electron chi connectivity index (χ1n) is 6.66. The Morgan fingerprint density at radius 2 is 2.15 bits per heavy atom. The molecule has 6 heteroatoms. The van der Waals surface area contributed by atoms with Gasteiger partial charge < -0.3 is 14.6 Å². The van der Waals surface area contributed by atoms with Crippen LogP contribution in [0.3, 0.4) is 0 Å². The molecule has 2 heterocycles. The van der Waals surface area contributed by atoms with Gasteiger partial charge >= 0.3 is 0 Å². The molecule has 2 aromatic rings. The molecule has 1 aromatic heterocycles. The maximum atomic E-state index is 5.41. The third-order valence-electron chi connectivity index (χ3n) is 3.21. The molecule has 1 N–H and O–H groups in total. The van der Waals surface area contributed by atoms with E-state index in [1.165, 1.54) is 5.56 Å². The maximum absolute atomic E-state index is 5.41. The lowest BCUT2D eigenvalue weighted by molar-refractivity contribution is 0.0744. The van der Waals surface area contributed by atoms with E-state index in [0.29, 0.717) is 25.3 Å². The van der Waals surface area contributed by atoms with Crippen LogP contribution in [-0.2, 0) is 17.6 Å². The molecule has 0 bridgehead atoms. The van der Waals surface area contributed by atoms with Gasteiger partial charge in [-0.05, 0) is 17.7 Å². The highest BCUT2D eigenvalue weighted by molar-refractivity contribution is 9.10. The smallest absolute Gasteiger partial charge is 0.228 e. The molecular formula is C14H16BrN3O2. The number of halogens is 1. The average Bonchev–Trinajstić information content (AvgIpc) is 2.90. The third-order valence-corrected chi connectivity index (χ3v) is 3.73. The van der Waals surface area contributed by atoms with Gasteiger partial charge in [0.15, 0.2) is 5.82 Å². The molecule has 0 aliphatic carbocycles. The van der Waals surface area contributed by atoms with E-state index >= 15 is 0 Å². The van der Waals surface area contributed by atoms with Crippen molar-refractivity contribution in [2.45, 2.75) is 18.9 Å². The van der Waals surface area contributed by atoms with Crippen LogP contribution in [0.5, 0.6) is 0 Å². The SMILES string of the molecule is Brc1ccc(Cc2noc(CC3COCCN3)n2)cc1.